The molecule has 0 saturated heterocycles. The highest BCUT2D eigenvalue weighted by molar-refractivity contribution is 7.85. The Morgan fingerprint density at radius 2 is 1.33 bits per heavy atom. The number of allylic oxidation sites excluding steroid dienone is 10. The van der Waals surface area contributed by atoms with E-state index in [-0.39, 0.29) is 15.7 Å². The topological polar surface area (TPSA) is 60.4 Å². The number of likely N-dealkylation sites (N-methyl/N-ethyl adjacent to an activating group) is 1. The molecule has 1 heterocycles. The number of hydrogen-bond donors (Lipinski definition) is 0. The molecule has 0 radical (unpaired) electrons. The van der Waals surface area contributed by atoms with Gasteiger partial charge in [-0.05, 0) is 118 Å². The molecule has 0 aromatic heterocycles. The number of aryl methyl sites for hydroxylation is 1. The van der Waals surface area contributed by atoms with Crippen LogP contribution in [0.2, 0.25) is 0 Å². The lowest BCUT2D eigenvalue weighted by atomic mass is 9.78. The summed E-state index contributed by atoms with van der Waals surface area (Å²) in [5, 5.41) is 6.21. The summed E-state index contributed by atoms with van der Waals surface area (Å²) in [5.41, 5.74) is 12.8. The molecular weight excluding hydrogens is 706 g/mol. The quantitative estimate of drug-likeness (QED) is 0.172. The van der Waals surface area contributed by atoms with Gasteiger partial charge in [0.1, 0.15) is 10.1 Å². The van der Waals surface area contributed by atoms with Gasteiger partial charge in [-0.25, -0.2) is 8.42 Å². The van der Waals surface area contributed by atoms with E-state index in [2.05, 4.69) is 144 Å². The van der Waals surface area contributed by atoms with Crippen molar-refractivity contribution in [2.45, 2.75) is 76.5 Å². The highest BCUT2D eigenvalue weighted by Gasteiger charge is 2.40. The number of nitrogens with zero attached hydrogens (tertiary/aromatic N) is 1. The van der Waals surface area contributed by atoms with E-state index in [0.717, 1.165) is 29.9 Å². The van der Waals surface area contributed by atoms with Gasteiger partial charge in [-0.2, -0.15) is 0 Å². The number of rotatable bonds is 4. The van der Waals surface area contributed by atoms with Gasteiger partial charge in [-0.15, -0.1) is 0 Å². The molecule has 5 aromatic rings. The number of fused-ring (bicyclic) bond motifs is 6. The maximum atomic E-state index is 10.4. The van der Waals surface area contributed by atoms with Gasteiger partial charge in [0.25, 0.3) is 0 Å². The molecule has 4 nitrogen and oxygen atoms in total. The molecule has 3 aliphatic rings. The molecule has 8 rings (SSSR count). The first-order valence-electron chi connectivity index (χ1n) is 18.6. The summed E-state index contributed by atoms with van der Waals surface area (Å²) in [7, 11) is -2.08. The van der Waals surface area contributed by atoms with Crippen LogP contribution in [0.4, 0.5) is 5.69 Å². The van der Waals surface area contributed by atoms with Crippen LogP contribution in [0, 0.1) is 6.92 Å². The highest BCUT2D eigenvalue weighted by Crippen LogP contribution is 2.51. The van der Waals surface area contributed by atoms with E-state index in [4.69, 9.17) is 11.6 Å². The van der Waals surface area contributed by atoms with Gasteiger partial charge >= 0.3 is 0 Å². The van der Waals surface area contributed by atoms with E-state index in [1.54, 1.807) is 12.1 Å². The number of halogens is 1. The third-order valence-corrected chi connectivity index (χ3v) is 12.9. The lowest BCUT2D eigenvalue weighted by Gasteiger charge is -2.25. The zero-order valence-electron chi connectivity index (χ0n) is 32.1. The normalized spacial score (nSPS) is 19.2. The minimum atomic E-state index is -4.27. The fourth-order valence-corrected chi connectivity index (χ4v) is 9.59. The van der Waals surface area contributed by atoms with Crippen LogP contribution in [0.3, 0.4) is 0 Å². The predicted octanol–water partition coefficient (Wildman–Crippen LogP) is 12.4. The van der Waals surface area contributed by atoms with Crippen molar-refractivity contribution in [3.05, 3.63) is 171 Å². The second kappa shape index (κ2) is 14.2. The molecule has 6 heteroatoms. The Balaban J connectivity index is 0.000000353. The Morgan fingerprint density at radius 3 is 1.98 bits per heavy atom. The Labute approximate surface area is 325 Å². The molecule has 276 valence electrons. The average Bonchev–Trinajstić information content (AvgIpc) is 3.47. The summed E-state index contributed by atoms with van der Waals surface area (Å²) in [5.74, 6) is 0. The zero-order valence-corrected chi connectivity index (χ0v) is 33.7. The predicted molar refractivity (Wildman–Crippen MR) is 226 cm³/mol. The van der Waals surface area contributed by atoms with E-state index >= 15 is 0 Å². The molecule has 0 amide bonds. The molecular formula is C48H47ClNO3S-. The molecule has 0 atom stereocenters. The van der Waals surface area contributed by atoms with Crippen molar-refractivity contribution in [3.63, 3.8) is 0 Å². The summed E-state index contributed by atoms with van der Waals surface area (Å²) >= 11 is 7.17. The van der Waals surface area contributed by atoms with Crippen molar-refractivity contribution < 1.29 is 13.0 Å². The fourth-order valence-electron chi connectivity index (χ4n) is 8.81. The Kier molecular flexibility index (Phi) is 9.89. The van der Waals surface area contributed by atoms with Crippen LogP contribution in [-0.2, 0) is 20.9 Å². The van der Waals surface area contributed by atoms with Gasteiger partial charge in [0.05, 0.1) is 4.90 Å². The average molecular weight is 753 g/mol. The maximum absolute atomic E-state index is 10.4. The minimum Gasteiger partial charge on any atom is -0.744 e. The monoisotopic (exact) mass is 752 g/mol. The van der Waals surface area contributed by atoms with Crippen LogP contribution in [0.1, 0.15) is 76.1 Å². The lowest BCUT2D eigenvalue weighted by molar-refractivity contribution is 0.463. The van der Waals surface area contributed by atoms with Crippen molar-refractivity contribution in [2.24, 2.45) is 0 Å². The Hall–Kier alpha value is -4.68. The van der Waals surface area contributed by atoms with Crippen LogP contribution in [-0.4, -0.2) is 20.0 Å². The van der Waals surface area contributed by atoms with Crippen LogP contribution >= 0.6 is 11.6 Å². The Morgan fingerprint density at radius 1 is 0.722 bits per heavy atom. The Bertz CT molecular complexity index is 2580. The summed E-state index contributed by atoms with van der Waals surface area (Å²) in [6, 6.07) is 32.4. The largest absolute Gasteiger partial charge is 0.744 e. The van der Waals surface area contributed by atoms with Crippen molar-refractivity contribution in [1.29, 1.82) is 0 Å². The second-order valence-corrected chi connectivity index (χ2v) is 17.5. The standard InChI is InChI=1S/C41H40ClN.C7H8O3S/c1-26-31-22-18-27-12-7-9-16-32(27)37(31)40(2,3)34(26)23-19-29-14-11-15-30(39(29)42)21-25-36-41(4,5)38-33-17-10-8-13-28(33)20-24-35(38)43(36)6;1-6-2-4-7(5-3-6)11(8,9)10/h7-10,12-13,16-25H,11,14-15H2,1-6H3;2-5H,1H3,(H,8,9,10)/p-1/b23-19+,30-21+,36-25+;. The molecule has 0 saturated carbocycles. The first-order chi connectivity index (χ1) is 25.6. The molecule has 54 heavy (non-hydrogen) atoms. The van der Waals surface area contributed by atoms with Gasteiger partial charge in [0.15, 0.2) is 0 Å². The van der Waals surface area contributed by atoms with Crippen molar-refractivity contribution in [2.75, 3.05) is 11.9 Å². The number of anilines is 1. The van der Waals surface area contributed by atoms with E-state index in [9.17, 15) is 13.0 Å². The molecule has 0 unspecified atom stereocenters. The van der Waals surface area contributed by atoms with Crippen molar-refractivity contribution in [1.82, 2.24) is 0 Å². The summed E-state index contributed by atoms with van der Waals surface area (Å²) in [6.07, 6.45) is 12.4. The summed E-state index contributed by atoms with van der Waals surface area (Å²) in [6.45, 7) is 13.5. The maximum Gasteiger partial charge on any atom is 0.124 e. The zero-order chi connectivity index (χ0) is 38.6. The van der Waals surface area contributed by atoms with Gasteiger partial charge in [-0.1, -0.05) is 142 Å². The molecule has 5 aromatic carbocycles. The SMILES string of the molecule is CC1=C(/C=C/C2=C(Cl)C(=C/C=C3/N(C)c4ccc5ccccc5c4C3(C)C)/CCC2)C(C)(C)c2c1ccc1ccccc21.Cc1ccc(S(=O)(=O)[O-])cc1. The minimum absolute atomic E-state index is 0.0701. The van der Waals surface area contributed by atoms with Crippen LogP contribution in [0.15, 0.2) is 154 Å². The molecule has 2 aliphatic carbocycles. The van der Waals surface area contributed by atoms with Gasteiger partial charge in [0.2, 0.25) is 0 Å². The highest BCUT2D eigenvalue weighted by atomic mass is 35.5. The number of hydrogen-bond acceptors (Lipinski definition) is 4. The third-order valence-electron chi connectivity index (χ3n) is 11.6. The van der Waals surface area contributed by atoms with Crippen LogP contribution < -0.4 is 4.90 Å². The smallest absolute Gasteiger partial charge is 0.124 e. The second-order valence-electron chi connectivity index (χ2n) is 15.8. The molecule has 0 N–H and O–H groups in total. The first kappa shape index (κ1) is 37.6. The fraction of sp³-hybridized carbons (Fsp3) is 0.250. The van der Waals surface area contributed by atoms with Crippen molar-refractivity contribution in [3.8, 4) is 0 Å². The molecule has 0 spiro atoms. The first-order valence-corrected chi connectivity index (χ1v) is 20.4. The van der Waals surface area contributed by atoms with E-state index in [0.29, 0.717) is 0 Å². The van der Waals surface area contributed by atoms with E-state index in [1.807, 2.05) is 6.92 Å². The van der Waals surface area contributed by atoms with Crippen LogP contribution in [0.5, 0.6) is 0 Å². The van der Waals surface area contributed by atoms with Gasteiger partial charge < -0.3 is 9.45 Å². The van der Waals surface area contributed by atoms with Gasteiger partial charge in [-0.3, -0.25) is 0 Å². The summed E-state index contributed by atoms with van der Waals surface area (Å²) < 4.78 is 31.2. The van der Waals surface area contributed by atoms with Crippen molar-refractivity contribution >= 4 is 54.5 Å². The lowest BCUT2D eigenvalue weighted by Crippen LogP contribution is -2.22. The van der Waals surface area contributed by atoms with Crippen LogP contribution in [0.25, 0.3) is 27.1 Å². The molecule has 1 aliphatic heterocycles. The molecule has 0 fully saturated rings. The number of benzene rings is 5. The third kappa shape index (κ3) is 6.68. The van der Waals surface area contributed by atoms with E-state index < -0.39 is 10.1 Å². The van der Waals surface area contributed by atoms with Gasteiger partial charge in [0, 0.05) is 34.3 Å². The van der Waals surface area contributed by atoms with E-state index in [1.165, 1.54) is 84.0 Å². The summed E-state index contributed by atoms with van der Waals surface area (Å²) in [4.78, 5) is 2.18. The molecule has 0 bridgehead atoms.